The van der Waals surface area contributed by atoms with E-state index < -0.39 is 47.2 Å². The molecule has 0 saturated carbocycles. The van der Waals surface area contributed by atoms with Gasteiger partial charge < -0.3 is 27.4 Å². The van der Waals surface area contributed by atoms with Crippen LogP contribution >= 0.6 is 22.7 Å². The Bertz CT molecular complexity index is 2540. The van der Waals surface area contributed by atoms with Gasteiger partial charge in [0.15, 0.2) is 34.3 Å². The van der Waals surface area contributed by atoms with Crippen LogP contribution in [0.25, 0.3) is 42.7 Å². The van der Waals surface area contributed by atoms with Gasteiger partial charge in [0.2, 0.25) is 5.82 Å². The molecule has 0 spiro atoms. The van der Waals surface area contributed by atoms with Crippen LogP contribution in [0.2, 0.25) is 0 Å². The summed E-state index contributed by atoms with van der Waals surface area (Å²) in [5.74, 6) is -10.8. The minimum atomic E-state index is -4.74. The van der Waals surface area contributed by atoms with Crippen LogP contribution in [0.3, 0.4) is 0 Å². The fraction of sp³-hybridized carbons (Fsp3) is 0.114. The zero-order valence-electron chi connectivity index (χ0n) is 26.3. The summed E-state index contributed by atoms with van der Waals surface area (Å²) in [6.45, 7) is -4.74. The van der Waals surface area contributed by atoms with Crippen molar-refractivity contribution in [1.82, 2.24) is 8.96 Å². The molecular formula is C35H24BF7N4S2. The molecule has 8 rings (SSSR count). The molecule has 0 bridgehead atoms. The molecule has 0 N–H and O–H groups in total. The van der Waals surface area contributed by atoms with Gasteiger partial charge in [0.25, 0.3) is 0 Å². The van der Waals surface area contributed by atoms with Gasteiger partial charge in [0.05, 0.1) is 15.8 Å². The SMILES string of the molecule is CN(C)c1cccc(-c2cc3c(s2)=CC2=C(c4c(F)c(F)c(F)c(F)c4F)c4cc5sc(-c6cccc(N(C)C)c6)cc5n4[B-](F)(F)[N+]=32)c1. The highest BCUT2D eigenvalue weighted by molar-refractivity contribution is 7.22. The Morgan fingerprint density at radius 1 is 0.673 bits per heavy atom. The lowest BCUT2D eigenvalue weighted by atomic mass is 9.85. The zero-order chi connectivity index (χ0) is 34.7. The lowest BCUT2D eigenvalue weighted by Gasteiger charge is -2.32. The number of fused-ring (bicyclic) bond motifs is 5. The summed E-state index contributed by atoms with van der Waals surface area (Å²) in [6, 6.07) is 19.5. The standard InChI is InChI=1S/C35H24BF7N4S2/c1-44(2)19-9-5-7-17(11-19)25-13-21-27(48-25)15-23-29(30-31(37)33(39)35(41)34(40)32(30)38)24-16-28-22(47(24)36(42,43)46(21)23)14-26(49-28)18-8-6-10-20(12-18)45(3)4/h5-16H,1-4H3. The molecule has 3 aromatic heterocycles. The molecular weight excluding hydrogens is 684 g/mol. The van der Waals surface area contributed by atoms with Gasteiger partial charge in [-0.1, -0.05) is 24.3 Å². The van der Waals surface area contributed by atoms with E-state index in [1.807, 2.05) is 86.5 Å². The average molecular weight is 709 g/mol. The highest BCUT2D eigenvalue weighted by atomic mass is 32.1. The number of anilines is 2. The van der Waals surface area contributed by atoms with E-state index in [4.69, 9.17) is 0 Å². The molecule has 248 valence electrons. The molecule has 5 heterocycles. The number of aromatic nitrogens is 1. The van der Waals surface area contributed by atoms with Gasteiger partial charge in [-0.25, -0.2) is 22.0 Å². The lowest BCUT2D eigenvalue weighted by molar-refractivity contribution is 0.376. The van der Waals surface area contributed by atoms with Crippen molar-refractivity contribution in [2.75, 3.05) is 38.0 Å². The van der Waals surface area contributed by atoms with Crippen LogP contribution in [0.15, 0.2) is 72.4 Å². The first-order valence-electron chi connectivity index (χ1n) is 15.0. The van der Waals surface area contributed by atoms with E-state index in [2.05, 4.69) is 0 Å². The molecule has 0 unspecified atom stereocenters. The van der Waals surface area contributed by atoms with Crippen molar-refractivity contribution in [1.29, 1.82) is 0 Å². The molecule has 14 heteroatoms. The maximum absolute atomic E-state index is 17.2. The summed E-state index contributed by atoms with van der Waals surface area (Å²) in [6.07, 6.45) is 1.34. The molecule has 0 atom stereocenters. The molecule has 0 aliphatic carbocycles. The van der Waals surface area contributed by atoms with Crippen molar-refractivity contribution in [2.45, 2.75) is 0 Å². The molecule has 6 aromatic rings. The maximum atomic E-state index is 17.2. The van der Waals surface area contributed by atoms with Crippen molar-refractivity contribution in [3.8, 4) is 20.9 Å². The molecule has 0 amide bonds. The van der Waals surface area contributed by atoms with Crippen molar-refractivity contribution in [2.24, 2.45) is 0 Å². The van der Waals surface area contributed by atoms with E-state index in [-0.39, 0.29) is 22.3 Å². The number of hydrogen-bond donors (Lipinski definition) is 0. The normalized spacial score (nSPS) is 14.6. The summed E-state index contributed by atoms with van der Waals surface area (Å²) >= 11 is 2.37. The monoisotopic (exact) mass is 708 g/mol. The Balaban J connectivity index is 1.43. The second-order valence-corrected chi connectivity index (χ2v) is 14.5. The van der Waals surface area contributed by atoms with Crippen LogP contribution in [0.5, 0.6) is 0 Å². The molecule has 0 radical (unpaired) electrons. The van der Waals surface area contributed by atoms with Crippen molar-refractivity contribution in [3.63, 3.8) is 0 Å². The van der Waals surface area contributed by atoms with Crippen LogP contribution in [0.1, 0.15) is 11.3 Å². The van der Waals surface area contributed by atoms with Crippen molar-refractivity contribution < 1.29 is 30.6 Å². The highest BCUT2D eigenvalue weighted by Crippen LogP contribution is 2.46. The van der Waals surface area contributed by atoms with Gasteiger partial charge in [0.1, 0.15) is 4.53 Å². The molecule has 3 aromatic carbocycles. The van der Waals surface area contributed by atoms with Crippen LogP contribution in [-0.2, 0) is 0 Å². The summed E-state index contributed by atoms with van der Waals surface area (Å²) in [5.41, 5.74) is 0.907. The van der Waals surface area contributed by atoms with Crippen LogP contribution in [-0.4, -0.2) is 39.6 Å². The van der Waals surface area contributed by atoms with Gasteiger partial charge in [-0.2, -0.15) is 0 Å². The fourth-order valence-electron chi connectivity index (χ4n) is 6.56. The third-order valence-corrected chi connectivity index (χ3v) is 11.2. The minimum Gasteiger partial charge on any atom is -0.389 e. The van der Waals surface area contributed by atoms with Crippen molar-refractivity contribution >= 4 is 62.9 Å². The van der Waals surface area contributed by atoms with E-state index in [9.17, 15) is 13.2 Å². The number of nitrogens with zero attached hydrogens (tertiary/aromatic N) is 4. The van der Waals surface area contributed by atoms with Gasteiger partial charge in [0, 0.05) is 72.7 Å². The number of allylic oxidation sites excluding steroid dienone is 1. The topological polar surface area (TPSA) is 14.4 Å². The van der Waals surface area contributed by atoms with Gasteiger partial charge in [-0.3, -0.25) is 0 Å². The lowest BCUT2D eigenvalue weighted by Crippen LogP contribution is -2.56. The van der Waals surface area contributed by atoms with Crippen LogP contribution < -0.4 is 24.2 Å². The first-order valence-corrected chi connectivity index (χ1v) is 16.7. The Morgan fingerprint density at radius 3 is 1.80 bits per heavy atom. The third-order valence-electron chi connectivity index (χ3n) is 8.94. The molecule has 0 saturated heterocycles. The van der Waals surface area contributed by atoms with Gasteiger partial charge >= 0.3 is 6.97 Å². The zero-order valence-corrected chi connectivity index (χ0v) is 27.9. The Labute approximate surface area is 283 Å². The second kappa shape index (κ2) is 10.8. The predicted octanol–water partition coefficient (Wildman–Crippen LogP) is 7.91. The quantitative estimate of drug-likeness (QED) is 0.0783. The van der Waals surface area contributed by atoms with Gasteiger partial charge in [-0.05, 0) is 47.5 Å². The molecule has 2 aliphatic heterocycles. The average Bonchev–Trinajstić information content (AvgIpc) is 3.84. The van der Waals surface area contributed by atoms with E-state index in [1.165, 1.54) is 34.8 Å². The molecule has 4 nitrogen and oxygen atoms in total. The third kappa shape index (κ3) is 4.53. The largest absolute Gasteiger partial charge is 0.738 e. The summed E-state index contributed by atoms with van der Waals surface area (Å²) in [7, 11) is 7.50. The number of halogens is 7. The summed E-state index contributed by atoms with van der Waals surface area (Å²) < 4.78 is 111. The minimum absolute atomic E-state index is 0.0678. The summed E-state index contributed by atoms with van der Waals surface area (Å²) in [5, 5.41) is 0.0678. The van der Waals surface area contributed by atoms with E-state index in [1.54, 1.807) is 12.1 Å². The molecule has 0 fully saturated rings. The first kappa shape index (κ1) is 31.5. The Kier molecular flexibility index (Phi) is 6.96. The number of hydrogen-bond acceptors (Lipinski definition) is 4. The predicted molar refractivity (Wildman–Crippen MR) is 184 cm³/mol. The maximum Gasteiger partial charge on any atom is 0.738 e. The number of rotatable bonds is 5. The van der Waals surface area contributed by atoms with Crippen LogP contribution in [0.4, 0.5) is 42.0 Å². The fourth-order valence-corrected chi connectivity index (χ4v) is 8.73. The number of benzene rings is 3. The highest BCUT2D eigenvalue weighted by Gasteiger charge is 2.55. The number of thiophene rings is 2. The van der Waals surface area contributed by atoms with E-state index in [0.717, 1.165) is 22.5 Å². The molecule has 49 heavy (non-hydrogen) atoms. The second-order valence-electron chi connectivity index (χ2n) is 12.3. The Morgan fingerprint density at radius 2 is 1.22 bits per heavy atom. The van der Waals surface area contributed by atoms with E-state index in [0.29, 0.717) is 28.0 Å². The van der Waals surface area contributed by atoms with Crippen LogP contribution in [0, 0.1) is 29.1 Å². The van der Waals surface area contributed by atoms with Crippen molar-refractivity contribution in [3.05, 3.63) is 123 Å². The van der Waals surface area contributed by atoms with E-state index >= 15 is 17.4 Å². The first-order chi connectivity index (χ1) is 23.3. The van der Waals surface area contributed by atoms with Gasteiger partial charge in [-0.15, -0.1) is 22.7 Å². The molecule has 2 aliphatic rings. The Hall–Kier alpha value is -4.82. The smallest absolute Gasteiger partial charge is 0.389 e. The summed E-state index contributed by atoms with van der Waals surface area (Å²) in [4.78, 5) is 5.13.